The van der Waals surface area contributed by atoms with Crippen LogP contribution in [0.3, 0.4) is 0 Å². The average molecular weight is 447 g/mol. The van der Waals surface area contributed by atoms with E-state index in [0.29, 0.717) is 62.3 Å². The Kier molecular flexibility index (Phi) is 8.46. The zero-order valence-electron chi connectivity index (χ0n) is 18.7. The lowest BCUT2D eigenvalue weighted by Crippen LogP contribution is -2.43. The van der Waals surface area contributed by atoms with Gasteiger partial charge in [0, 0.05) is 45.8 Å². The average Bonchev–Trinajstić information content (AvgIpc) is 3.34. The predicted octanol–water partition coefficient (Wildman–Crippen LogP) is 1.70. The van der Waals surface area contributed by atoms with Crippen LogP contribution in [-0.2, 0) is 14.3 Å². The number of amides is 2. The van der Waals surface area contributed by atoms with Crippen LogP contribution in [0.1, 0.15) is 16.9 Å². The molecule has 174 valence electrons. The molecule has 0 spiro atoms. The van der Waals surface area contributed by atoms with Crippen LogP contribution in [0.25, 0.3) is 11.3 Å². The number of benzene rings is 1. The van der Waals surface area contributed by atoms with E-state index >= 15 is 0 Å². The minimum atomic E-state index is -0.339. The van der Waals surface area contributed by atoms with Crippen LogP contribution in [0.5, 0.6) is 11.5 Å². The first-order valence-electron chi connectivity index (χ1n) is 10.4. The number of rotatable bonds is 10. The number of carbonyl (C=O) groups is 2. The fourth-order valence-electron chi connectivity index (χ4n) is 3.39. The summed E-state index contributed by atoms with van der Waals surface area (Å²) in [6.45, 7) is 3.13. The third-order valence-corrected chi connectivity index (χ3v) is 5.21. The van der Waals surface area contributed by atoms with Gasteiger partial charge in [0.05, 0.1) is 39.6 Å². The van der Waals surface area contributed by atoms with Crippen LogP contribution >= 0.6 is 0 Å². The minimum absolute atomic E-state index is 0.00882. The second-order valence-electron chi connectivity index (χ2n) is 7.17. The molecule has 0 bridgehead atoms. The summed E-state index contributed by atoms with van der Waals surface area (Å²) in [5.74, 6) is 1.21. The first-order chi connectivity index (χ1) is 15.6. The number of morpholine rings is 1. The second kappa shape index (κ2) is 11.5. The van der Waals surface area contributed by atoms with Crippen molar-refractivity contribution in [2.45, 2.75) is 6.42 Å². The molecule has 0 saturated carbocycles. The summed E-state index contributed by atoms with van der Waals surface area (Å²) in [7, 11) is 4.67. The van der Waals surface area contributed by atoms with Gasteiger partial charge in [-0.15, -0.1) is 0 Å². The van der Waals surface area contributed by atoms with Gasteiger partial charge >= 0.3 is 0 Å². The Morgan fingerprint density at radius 3 is 2.56 bits per heavy atom. The Hall–Kier alpha value is -3.11. The van der Waals surface area contributed by atoms with Gasteiger partial charge in [-0.05, 0) is 18.2 Å². The molecule has 0 unspecified atom stereocenters. The van der Waals surface area contributed by atoms with Crippen molar-refractivity contribution < 1.29 is 33.1 Å². The molecular weight excluding hydrogens is 418 g/mol. The zero-order valence-corrected chi connectivity index (χ0v) is 18.7. The Balaban J connectivity index is 1.73. The summed E-state index contributed by atoms with van der Waals surface area (Å²) >= 11 is 0. The van der Waals surface area contributed by atoms with E-state index in [9.17, 15) is 9.59 Å². The Bertz CT molecular complexity index is 909. The lowest BCUT2D eigenvalue weighted by Gasteiger charge is -2.28. The third-order valence-electron chi connectivity index (χ3n) is 5.21. The number of hydrogen-bond acceptors (Lipinski definition) is 8. The molecule has 3 rings (SSSR count). The highest BCUT2D eigenvalue weighted by atomic mass is 16.5. The summed E-state index contributed by atoms with van der Waals surface area (Å²) in [5, 5.41) is 3.95. The van der Waals surface area contributed by atoms with Crippen molar-refractivity contribution in [3.8, 4) is 22.8 Å². The molecule has 1 aliphatic heterocycles. The number of nitrogens with zero attached hydrogens (tertiary/aromatic N) is 3. The van der Waals surface area contributed by atoms with Gasteiger partial charge in [0.25, 0.3) is 5.91 Å². The van der Waals surface area contributed by atoms with Crippen molar-refractivity contribution in [1.82, 2.24) is 15.0 Å². The molecule has 2 heterocycles. The van der Waals surface area contributed by atoms with Crippen molar-refractivity contribution in [2.24, 2.45) is 0 Å². The van der Waals surface area contributed by atoms with Crippen molar-refractivity contribution in [3.63, 3.8) is 0 Å². The highest BCUT2D eigenvalue weighted by molar-refractivity contribution is 5.93. The van der Waals surface area contributed by atoms with Gasteiger partial charge in [-0.25, -0.2) is 0 Å². The molecule has 0 atom stereocenters. The Morgan fingerprint density at radius 2 is 1.88 bits per heavy atom. The number of carbonyl (C=O) groups excluding carboxylic acids is 2. The first-order valence-corrected chi connectivity index (χ1v) is 10.4. The van der Waals surface area contributed by atoms with E-state index in [0.717, 1.165) is 0 Å². The fourth-order valence-corrected chi connectivity index (χ4v) is 3.39. The highest BCUT2D eigenvalue weighted by Gasteiger charge is 2.24. The van der Waals surface area contributed by atoms with Crippen molar-refractivity contribution >= 4 is 11.8 Å². The lowest BCUT2D eigenvalue weighted by molar-refractivity contribution is -0.135. The van der Waals surface area contributed by atoms with Gasteiger partial charge in [0.2, 0.25) is 5.91 Å². The standard InChI is InChI=1S/C22H29N3O7/c1-28-11-8-25(7-6-21(26)24-9-12-31-13-10-24)22(27)18-15-20(32-23-18)17-14-16(29-2)4-5-19(17)30-3/h4-5,14-15H,6-13H2,1-3H3. The maximum Gasteiger partial charge on any atom is 0.276 e. The normalized spacial score (nSPS) is 13.7. The minimum Gasteiger partial charge on any atom is -0.497 e. The highest BCUT2D eigenvalue weighted by Crippen LogP contribution is 2.33. The SMILES string of the molecule is COCCN(CCC(=O)N1CCOCC1)C(=O)c1cc(-c2cc(OC)ccc2OC)on1. The molecule has 32 heavy (non-hydrogen) atoms. The second-order valence-corrected chi connectivity index (χ2v) is 7.17. The van der Waals surface area contributed by atoms with Crippen LogP contribution in [0.15, 0.2) is 28.8 Å². The maximum absolute atomic E-state index is 13.1. The number of ether oxygens (including phenoxy) is 4. The third kappa shape index (κ3) is 5.77. The summed E-state index contributed by atoms with van der Waals surface area (Å²) in [5.41, 5.74) is 0.754. The first kappa shape index (κ1) is 23.6. The quantitative estimate of drug-likeness (QED) is 0.542. The molecule has 1 fully saturated rings. The molecule has 0 aliphatic carbocycles. The molecule has 0 radical (unpaired) electrons. The Morgan fingerprint density at radius 1 is 1.09 bits per heavy atom. The topological polar surface area (TPSA) is 104 Å². The zero-order chi connectivity index (χ0) is 22.9. The van der Waals surface area contributed by atoms with E-state index in [1.165, 1.54) is 0 Å². The Labute approximate surface area is 186 Å². The smallest absolute Gasteiger partial charge is 0.276 e. The molecule has 2 aromatic rings. The monoisotopic (exact) mass is 447 g/mol. The van der Waals surface area contributed by atoms with Crippen molar-refractivity contribution in [2.75, 3.05) is 67.3 Å². The van der Waals surface area contributed by atoms with Gasteiger partial charge < -0.3 is 33.3 Å². The number of methoxy groups -OCH3 is 3. The van der Waals surface area contributed by atoms with Gasteiger partial charge in [0.1, 0.15) is 11.5 Å². The molecule has 10 heteroatoms. The van der Waals surface area contributed by atoms with Crippen LogP contribution in [0.4, 0.5) is 0 Å². The molecule has 0 N–H and O–H groups in total. The van der Waals surface area contributed by atoms with E-state index < -0.39 is 0 Å². The summed E-state index contributed by atoms with van der Waals surface area (Å²) < 4.78 is 26.5. The summed E-state index contributed by atoms with van der Waals surface area (Å²) in [6.07, 6.45) is 0.212. The van der Waals surface area contributed by atoms with E-state index in [1.54, 1.807) is 55.4 Å². The van der Waals surface area contributed by atoms with Gasteiger partial charge in [-0.3, -0.25) is 9.59 Å². The van der Waals surface area contributed by atoms with Crippen molar-refractivity contribution in [3.05, 3.63) is 30.0 Å². The molecule has 10 nitrogen and oxygen atoms in total. The molecular formula is C22H29N3O7. The molecule has 1 aromatic heterocycles. The fraction of sp³-hybridized carbons (Fsp3) is 0.500. The molecule has 1 saturated heterocycles. The van der Waals surface area contributed by atoms with Crippen LogP contribution < -0.4 is 9.47 Å². The molecule has 1 aliphatic rings. The van der Waals surface area contributed by atoms with Crippen molar-refractivity contribution in [1.29, 1.82) is 0 Å². The molecule has 1 aromatic carbocycles. The van der Waals surface area contributed by atoms with Gasteiger partial charge in [0.15, 0.2) is 11.5 Å². The molecule has 2 amide bonds. The van der Waals surface area contributed by atoms with E-state index in [4.69, 9.17) is 23.5 Å². The largest absolute Gasteiger partial charge is 0.497 e. The van der Waals surface area contributed by atoms with E-state index in [2.05, 4.69) is 5.16 Å². The van der Waals surface area contributed by atoms with E-state index in [1.807, 2.05) is 0 Å². The summed E-state index contributed by atoms with van der Waals surface area (Å²) in [6, 6.07) is 6.82. The maximum atomic E-state index is 13.1. The van der Waals surface area contributed by atoms with Gasteiger partial charge in [-0.2, -0.15) is 0 Å². The lowest BCUT2D eigenvalue weighted by atomic mass is 10.1. The van der Waals surface area contributed by atoms with E-state index in [-0.39, 0.29) is 30.5 Å². The van der Waals surface area contributed by atoms with Crippen LogP contribution in [0, 0.1) is 0 Å². The van der Waals surface area contributed by atoms with Gasteiger partial charge in [-0.1, -0.05) is 5.16 Å². The van der Waals surface area contributed by atoms with Crippen LogP contribution in [0.2, 0.25) is 0 Å². The summed E-state index contributed by atoms with van der Waals surface area (Å²) in [4.78, 5) is 28.9. The van der Waals surface area contributed by atoms with Crippen LogP contribution in [-0.4, -0.2) is 94.1 Å². The predicted molar refractivity (Wildman–Crippen MR) is 115 cm³/mol. The number of aromatic nitrogens is 1. The number of hydrogen-bond donors (Lipinski definition) is 0.